The fraction of sp³-hybridized carbons (Fsp3) is 0.143. The summed E-state index contributed by atoms with van der Waals surface area (Å²) in [6, 6.07) is 19.3. The molecule has 0 aliphatic rings. The first-order chi connectivity index (χ1) is 12.0. The molecular weight excluding hydrogens is 310 g/mol. The van der Waals surface area contributed by atoms with Gasteiger partial charge in [0.2, 0.25) is 0 Å². The SMILES string of the molecule is Cc1ccc(Nc2ccc(C(=O)N(C)c3ccccc3)nc2)cc1C. The van der Waals surface area contributed by atoms with Crippen molar-refractivity contribution < 1.29 is 4.79 Å². The third kappa shape index (κ3) is 3.86. The van der Waals surface area contributed by atoms with Crippen molar-refractivity contribution in [2.24, 2.45) is 0 Å². The molecule has 1 heterocycles. The first-order valence-corrected chi connectivity index (χ1v) is 8.18. The molecule has 0 radical (unpaired) electrons. The van der Waals surface area contributed by atoms with E-state index in [1.807, 2.05) is 42.5 Å². The van der Waals surface area contributed by atoms with E-state index in [-0.39, 0.29) is 5.91 Å². The topological polar surface area (TPSA) is 45.2 Å². The summed E-state index contributed by atoms with van der Waals surface area (Å²) >= 11 is 0. The lowest BCUT2D eigenvalue weighted by Gasteiger charge is -2.17. The third-order valence-electron chi connectivity index (χ3n) is 4.23. The van der Waals surface area contributed by atoms with Crippen LogP contribution in [0, 0.1) is 13.8 Å². The number of hydrogen-bond acceptors (Lipinski definition) is 3. The van der Waals surface area contributed by atoms with Crippen LogP contribution >= 0.6 is 0 Å². The van der Waals surface area contributed by atoms with Gasteiger partial charge in [0.1, 0.15) is 5.69 Å². The smallest absolute Gasteiger partial charge is 0.276 e. The maximum atomic E-state index is 12.5. The van der Waals surface area contributed by atoms with Crippen LogP contribution in [-0.4, -0.2) is 17.9 Å². The van der Waals surface area contributed by atoms with Gasteiger partial charge in [-0.2, -0.15) is 0 Å². The Labute approximate surface area is 148 Å². The van der Waals surface area contributed by atoms with Crippen molar-refractivity contribution in [3.63, 3.8) is 0 Å². The van der Waals surface area contributed by atoms with Gasteiger partial charge in [0.05, 0.1) is 11.9 Å². The number of benzene rings is 2. The lowest BCUT2D eigenvalue weighted by Crippen LogP contribution is -2.26. The number of aromatic nitrogens is 1. The molecule has 0 aliphatic carbocycles. The number of nitrogens with one attached hydrogen (secondary N) is 1. The average Bonchev–Trinajstić information content (AvgIpc) is 2.65. The number of para-hydroxylation sites is 1. The first kappa shape index (κ1) is 16.7. The molecule has 0 unspecified atom stereocenters. The number of carbonyl (C=O) groups is 1. The van der Waals surface area contributed by atoms with E-state index < -0.39 is 0 Å². The van der Waals surface area contributed by atoms with Gasteiger partial charge < -0.3 is 10.2 Å². The van der Waals surface area contributed by atoms with Crippen molar-refractivity contribution in [1.29, 1.82) is 0 Å². The Kier molecular flexibility index (Phi) is 4.80. The van der Waals surface area contributed by atoms with Gasteiger partial charge in [0.15, 0.2) is 0 Å². The molecule has 0 spiro atoms. The highest BCUT2D eigenvalue weighted by atomic mass is 16.2. The highest BCUT2D eigenvalue weighted by molar-refractivity contribution is 6.04. The van der Waals surface area contributed by atoms with Crippen LogP contribution in [0.15, 0.2) is 66.9 Å². The number of aryl methyl sites for hydroxylation is 2. The summed E-state index contributed by atoms with van der Waals surface area (Å²) in [5, 5.41) is 3.31. The molecule has 2 aromatic carbocycles. The maximum Gasteiger partial charge on any atom is 0.276 e. The summed E-state index contributed by atoms with van der Waals surface area (Å²) in [4.78, 5) is 18.4. The zero-order valence-electron chi connectivity index (χ0n) is 14.7. The van der Waals surface area contributed by atoms with Gasteiger partial charge in [-0.1, -0.05) is 24.3 Å². The largest absolute Gasteiger partial charge is 0.354 e. The highest BCUT2D eigenvalue weighted by Gasteiger charge is 2.14. The van der Waals surface area contributed by atoms with Gasteiger partial charge in [-0.15, -0.1) is 0 Å². The molecule has 0 atom stereocenters. The van der Waals surface area contributed by atoms with Gasteiger partial charge in [0.25, 0.3) is 5.91 Å². The second-order valence-corrected chi connectivity index (χ2v) is 6.06. The van der Waals surface area contributed by atoms with Gasteiger partial charge in [-0.25, -0.2) is 4.98 Å². The average molecular weight is 331 g/mol. The summed E-state index contributed by atoms with van der Waals surface area (Å²) in [5.41, 5.74) is 5.60. The molecule has 0 saturated carbocycles. The van der Waals surface area contributed by atoms with E-state index in [1.165, 1.54) is 11.1 Å². The lowest BCUT2D eigenvalue weighted by molar-refractivity contribution is 0.0988. The zero-order chi connectivity index (χ0) is 17.8. The first-order valence-electron chi connectivity index (χ1n) is 8.18. The van der Waals surface area contributed by atoms with Crippen LogP contribution in [0.5, 0.6) is 0 Å². The Morgan fingerprint density at radius 1 is 0.920 bits per heavy atom. The second-order valence-electron chi connectivity index (χ2n) is 6.06. The molecule has 0 aliphatic heterocycles. The quantitative estimate of drug-likeness (QED) is 0.752. The number of hydrogen-bond donors (Lipinski definition) is 1. The Morgan fingerprint density at radius 2 is 1.64 bits per heavy atom. The predicted molar refractivity (Wildman–Crippen MR) is 103 cm³/mol. The van der Waals surface area contributed by atoms with E-state index in [4.69, 9.17) is 0 Å². The van der Waals surface area contributed by atoms with E-state index in [1.54, 1.807) is 24.2 Å². The van der Waals surface area contributed by atoms with Crippen molar-refractivity contribution in [3.05, 3.63) is 83.7 Å². The van der Waals surface area contributed by atoms with Gasteiger partial charge in [0, 0.05) is 18.4 Å². The van der Waals surface area contributed by atoms with Crippen LogP contribution in [0.3, 0.4) is 0 Å². The molecule has 25 heavy (non-hydrogen) atoms. The standard InChI is InChI=1S/C21H21N3O/c1-15-9-10-17(13-16(15)2)23-18-11-12-20(22-14-18)21(25)24(3)19-7-5-4-6-8-19/h4-14,23H,1-3H3. The number of carbonyl (C=O) groups excluding carboxylic acids is 1. The molecule has 3 aromatic rings. The summed E-state index contributed by atoms with van der Waals surface area (Å²) < 4.78 is 0. The molecular formula is C21H21N3O. The minimum Gasteiger partial charge on any atom is -0.354 e. The predicted octanol–water partition coefficient (Wildman–Crippen LogP) is 4.72. The van der Waals surface area contributed by atoms with Gasteiger partial charge >= 0.3 is 0 Å². The van der Waals surface area contributed by atoms with Crippen LogP contribution < -0.4 is 10.2 Å². The van der Waals surface area contributed by atoms with Crippen LogP contribution in [0.25, 0.3) is 0 Å². The molecule has 0 saturated heterocycles. The summed E-state index contributed by atoms with van der Waals surface area (Å²) in [5.74, 6) is -0.135. The molecule has 3 rings (SSSR count). The fourth-order valence-corrected chi connectivity index (χ4v) is 2.52. The summed E-state index contributed by atoms with van der Waals surface area (Å²) in [6.45, 7) is 4.17. The van der Waals surface area contributed by atoms with Crippen LogP contribution in [0.4, 0.5) is 17.1 Å². The van der Waals surface area contributed by atoms with Crippen molar-refractivity contribution in [1.82, 2.24) is 4.98 Å². The third-order valence-corrected chi connectivity index (χ3v) is 4.23. The Bertz CT molecular complexity index is 873. The minimum atomic E-state index is -0.135. The van der Waals surface area contributed by atoms with Crippen molar-refractivity contribution in [2.45, 2.75) is 13.8 Å². The monoisotopic (exact) mass is 331 g/mol. The van der Waals surface area contributed by atoms with Crippen molar-refractivity contribution in [3.8, 4) is 0 Å². The Hall–Kier alpha value is -3.14. The highest BCUT2D eigenvalue weighted by Crippen LogP contribution is 2.20. The van der Waals surface area contributed by atoms with Crippen molar-refractivity contribution in [2.75, 3.05) is 17.3 Å². The molecule has 1 amide bonds. The van der Waals surface area contributed by atoms with Gasteiger partial charge in [-0.3, -0.25) is 4.79 Å². The van der Waals surface area contributed by atoms with E-state index in [0.29, 0.717) is 5.69 Å². The van der Waals surface area contributed by atoms with Crippen LogP contribution in [-0.2, 0) is 0 Å². The van der Waals surface area contributed by atoms with E-state index in [0.717, 1.165) is 17.1 Å². The molecule has 4 heteroatoms. The summed E-state index contributed by atoms with van der Waals surface area (Å²) in [7, 11) is 1.75. The van der Waals surface area contributed by atoms with E-state index in [9.17, 15) is 4.79 Å². The zero-order valence-corrected chi connectivity index (χ0v) is 14.7. The Balaban J connectivity index is 1.73. The van der Waals surface area contributed by atoms with Gasteiger partial charge in [-0.05, 0) is 61.4 Å². The fourth-order valence-electron chi connectivity index (χ4n) is 2.52. The normalized spacial score (nSPS) is 10.4. The molecule has 1 N–H and O–H groups in total. The molecule has 0 fully saturated rings. The molecule has 126 valence electrons. The number of amides is 1. The van der Waals surface area contributed by atoms with E-state index >= 15 is 0 Å². The lowest BCUT2D eigenvalue weighted by atomic mass is 10.1. The number of rotatable bonds is 4. The Morgan fingerprint density at radius 3 is 2.28 bits per heavy atom. The van der Waals surface area contributed by atoms with Crippen molar-refractivity contribution >= 4 is 23.0 Å². The second kappa shape index (κ2) is 7.18. The number of pyridine rings is 1. The minimum absolute atomic E-state index is 0.135. The number of anilines is 3. The van der Waals surface area contributed by atoms with Crippen LogP contribution in [0.1, 0.15) is 21.6 Å². The summed E-state index contributed by atoms with van der Waals surface area (Å²) in [6.07, 6.45) is 1.68. The maximum absolute atomic E-state index is 12.5. The molecule has 0 bridgehead atoms. The molecule has 4 nitrogen and oxygen atoms in total. The van der Waals surface area contributed by atoms with Crippen LogP contribution in [0.2, 0.25) is 0 Å². The number of nitrogens with zero attached hydrogens (tertiary/aromatic N) is 2. The molecule has 1 aromatic heterocycles. The van der Waals surface area contributed by atoms with E-state index in [2.05, 4.69) is 36.3 Å².